The van der Waals surface area contributed by atoms with E-state index in [1.165, 1.54) is 21.7 Å². The van der Waals surface area contributed by atoms with Gasteiger partial charge in [-0.05, 0) is 36.6 Å². The second-order valence-electron chi connectivity index (χ2n) is 8.63. The number of alkyl carbamates (subject to hydrolysis) is 1. The van der Waals surface area contributed by atoms with Gasteiger partial charge >= 0.3 is 12.1 Å². The molecule has 1 heterocycles. The Hall–Kier alpha value is -3.26. The Balaban J connectivity index is 1.78. The number of nitrogens with zero attached hydrogens (tertiary/aromatic N) is 2. The number of rotatable bonds is 14. The van der Waals surface area contributed by atoms with Gasteiger partial charge in [0.25, 0.3) is 0 Å². The molecule has 5 N–H and O–H groups in total. The molecule has 0 bridgehead atoms. The molecule has 1 unspecified atom stereocenters. The fraction of sp³-hybridized carbons (Fsp3) is 0.400. The Kier molecular flexibility index (Phi) is 10.8. The second kappa shape index (κ2) is 14.0. The largest absolute Gasteiger partial charge is 0.448 e. The van der Waals surface area contributed by atoms with Crippen LogP contribution in [0.4, 0.5) is 9.59 Å². The van der Waals surface area contributed by atoms with Crippen molar-refractivity contribution >= 4 is 43.7 Å². The zero-order valence-electron chi connectivity index (χ0n) is 21.1. The summed E-state index contributed by atoms with van der Waals surface area (Å²) in [5.41, 5.74) is 8.21. The molecular weight excluding hydrogens is 530 g/mol. The van der Waals surface area contributed by atoms with Crippen LogP contribution in [0.15, 0.2) is 58.9 Å². The van der Waals surface area contributed by atoms with Gasteiger partial charge in [-0.1, -0.05) is 43.7 Å². The maximum absolute atomic E-state index is 13.6. The molecule has 3 aromatic rings. The molecule has 0 aliphatic carbocycles. The van der Waals surface area contributed by atoms with Crippen molar-refractivity contribution in [2.45, 2.75) is 43.2 Å². The van der Waals surface area contributed by atoms with Gasteiger partial charge in [0.05, 0.1) is 39.3 Å². The van der Waals surface area contributed by atoms with E-state index in [1.54, 1.807) is 17.6 Å². The summed E-state index contributed by atoms with van der Waals surface area (Å²) < 4.78 is 34.3. The number of aliphatic hydroxyl groups is 1. The summed E-state index contributed by atoms with van der Waals surface area (Å²) in [6.07, 6.45) is -0.459. The molecule has 0 saturated carbocycles. The Labute approximate surface area is 226 Å². The van der Waals surface area contributed by atoms with Crippen LogP contribution in [0.1, 0.15) is 25.3 Å². The molecule has 38 heavy (non-hydrogen) atoms. The number of amides is 3. The number of hydrogen-bond donors (Lipinski definition) is 4. The number of carbonyl (C=O) groups is 2. The first-order valence-corrected chi connectivity index (χ1v) is 14.5. The molecule has 206 valence electrons. The fourth-order valence-electron chi connectivity index (χ4n) is 3.79. The topological polar surface area (TPSA) is 164 Å². The second-order valence-corrected chi connectivity index (χ2v) is 11.5. The normalized spacial score (nSPS) is 13.2. The van der Waals surface area contributed by atoms with Crippen molar-refractivity contribution in [3.05, 3.63) is 59.6 Å². The Bertz CT molecular complexity index is 1300. The predicted octanol–water partition coefficient (Wildman–Crippen LogP) is 2.45. The molecule has 0 radical (unpaired) electrons. The zero-order valence-corrected chi connectivity index (χ0v) is 22.7. The number of carbonyl (C=O) groups excluding carboxylic acids is 2. The van der Waals surface area contributed by atoms with Crippen LogP contribution in [0.5, 0.6) is 0 Å². The highest BCUT2D eigenvalue weighted by molar-refractivity contribution is 7.89. The van der Waals surface area contributed by atoms with Crippen LogP contribution in [-0.4, -0.2) is 73.3 Å². The van der Waals surface area contributed by atoms with Crippen molar-refractivity contribution in [2.75, 3.05) is 26.2 Å². The average molecular weight is 564 g/mol. The first kappa shape index (κ1) is 29.3. The van der Waals surface area contributed by atoms with Gasteiger partial charge < -0.3 is 26.2 Å². The van der Waals surface area contributed by atoms with Crippen molar-refractivity contribution in [1.82, 2.24) is 19.9 Å². The Morgan fingerprint density at radius 1 is 1.21 bits per heavy atom. The van der Waals surface area contributed by atoms with E-state index in [9.17, 15) is 23.1 Å². The molecule has 3 rings (SSSR count). The molecular formula is C25H33N5O6S2. The van der Waals surface area contributed by atoms with Gasteiger partial charge in [-0.25, -0.2) is 23.0 Å². The minimum Gasteiger partial charge on any atom is -0.448 e. The van der Waals surface area contributed by atoms with Gasteiger partial charge in [-0.3, -0.25) is 0 Å². The summed E-state index contributed by atoms with van der Waals surface area (Å²) in [4.78, 5) is 27.6. The first-order chi connectivity index (χ1) is 18.2. The molecule has 1 aromatic heterocycles. The highest BCUT2D eigenvalue weighted by Crippen LogP contribution is 2.25. The number of nitrogens with one attached hydrogen (secondary N) is 2. The van der Waals surface area contributed by atoms with Crippen LogP contribution >= 0.6 is 11.3 Å². The highest BCUT2D eigenvalue weighted by atomic mass is 32.2. The van der Waals surface area contributed by atoms with E-state index >= 15 is 0 Å². The lowest BCUT2D eigenvalue weighted by molar-refractivity contribution is 0.0911. The summed E-state index contributed by atoms with van der Waals surface area (Å²) in [6, 6.07) is 12.4. The van der Waals surface area contributed by atoms with Crippen molar-refractivity contribution in [3.63, 3.8) is 0 Å². The number of primary amides is 1. The third kappa shape index (κ3) is 8.38. The number of nitrogens with two attached hydrogens (primary N) is 1. The van der Waals surface area contributed by atoms with Gasteiger partial charge in [0, 0.05) is 13.1 Å². The molecule has 0 fully saturated rings. The molecule has 2 aromatic carbocycles. The molecule has 13 heteroatoms. The van der Waals surface area contributed by atoms with Crippen molar-refractivity contribution in [1.29, 1.82) is 0 Å². The molecule has 0 aliphatic rings. The third-order valence-electron chi connectivity index (χ3n) is 5.79. The van der Waals surface area contributed by atoms with Crippen molar-refractivity contribution in [2.24, 2.45) is 5.73 Å². The molecule has 3 amide bonds. The number of aromatic nitrogens is 1. The number of aliphatic hydroxyl groups excluding tert-OH is 1. The standard InChI is InChI=1S/C25H33N5O6S2/c1-2-3-12-30(38(34,35)19-9-10-20-23(15-19)37-17-28-20)16-22(31)21(14-18-7-5-4-6-8-18)29-25(33)36-13-11-27-24(26)32/h4-10,15,17,21-22,31H,2-3,11-14,16H2,1H3,(H,29,33)(H3,26,27,32)/t21?,22-/m1/s1. The summed E-state index contributed by atoms with van der Waals surface area (Å²) in [5.74, 6) is 0. The summed E-state index contributed by atoms with van der Waals surface area (Å²) in [6.45, 7) is 1.83. The predicted molar refractivity (Wildman–Crippen MR) is 145 cm³/mol. The van der Waals surface area contributed by atoms with E-state index in [4.69, 9.17) is 10.5 Å². The molecule has 0 saturated heterocycles. The lowest BCUT2D eigenvalue weighted by Crippen LogP contribution is -2.51. The first-order valence-electron chi connectivity index (χ1n) is 12.2. The number of thiazole rings is 1. The summed E-state index contributed by atoms with van der Waals surface area (Å²) in [5, 5.41) is 16.2. The quantitative estimate of drug-likeness (QED) is 0.219. The number of benzene rings is 2. The van der Waals surface area contributed by atoms with Gasteiger partial charge in [0.15, 0.2) is 0 Å². The number of fused-ring (bicyclic) bond motifs is 1. The van der Waals surface area contributed by atoms with Crippen LogP contribution in [0, 0.1) is 0 Å². The van der Waals surface area contributed by atoms with Crippen molar-refractivity contribution in [3.8, 4) is 0 Å². The van der Waals surface area contributed by atoms with Gasteiger partial charge in [0.2, 0.25) is 10.0 Å². The minimum atomic E-state index is -3.94. The fourth-order valence-corrected chi connectivity index (χ4v) is 6.10. The lowest BCUT2D eigenvalue weighted by Gasteiger charge is -2.29. The van der Waals surface area contributed by atoms with E-state index in [2.05, 4.69) is 15.6 Å². The molecule has 0 spiro atoms. The minimum absolute atomic E-state index is 0.0296. The van der Waals surface area contributed by atoms with E-state index in [0.29, 0.717) is 11.9 Å². The zero-order chi connectivity index (χ0) is 27.5. The molecule has 0 aliphatic heterocycles. The number of ether oxygens (including phenoxy) is 1. The smallest absolute Gasteiger partial charge is 0.407 e. The maximum atomic E-state index is 13.6. The van der Waals surface area contributed by atoms with E-state index in [0.717, 1.165) is 16.7 Å². The van der Waals surface area contributed by atoms with Gasteiger partial charge in [0.1, 0.15) is 6.61 Å². The Morgan fingerprint density at radius 3 is 2.68 bits per heavy atom. The monoisotopic (exact) mass is 563 g/mol. The highest BCUT2D eigenvalue weighted by Gasteiger charge is 2.31. The molecule has 2 atom stereocenters. The summed E-state index contributed by atoms with van der Waals surface area (Å²) in [7, 11) is -3.94. The van der Waals surface area contributed by atoms with Crippen LogP contribution < -0.4 is 16.4 Å². The van der Waals surface area contributed by atoms with Crippen molar-refractivity contribution < 1.29 is 27.9 Å². The third-order valence-corrected chi connectivity index (χ3v) is 8.45. The van der Waals surface area contributed by atoms with Crippen LogP contribution in [0.25, 0.3) is 10.2 Å². The van der Waals surface area contributed by atoms with Crippen LogP contribution in [0.2, 0.25) is 0 Å². The van der Waals surface area contributed by atoms with Gasteiger partial charge in [-0.15, -0.1) is 11.3 Å². The van der Waals surface area contributed by atoms with Gasteiger partial charge in [-0.2, -0.15) is 4.31 Å². The number of hydrogen-bond acceptors (Lipinski definition) is 8. The SMILES string of the molecule is CCCCN(C[C@@H](O)C(Cc1ccccc1)NC(=O)OCCNC(N)=O)S(=O)(=O)c1ccc2ncsc2c1. The number of sulfonamides is 1. The van der Waals surface area contributed by atoms with E-state index in [-0.39, 0.29) is 37.6 Å². The lowest BCUT2D eigenvalue weighted by atomic mass is 10.0. The average Bonchev–Trinajstić information content (AvgIpc) is 3.37. The number of unbranched alkanes of at least 4 members (excludes halogenated alkanes) is 1. The number of urea groups is 1. The molecule has 11 nitrogen and oxygen atoms in total. The van der Waals surface area contributed by atoms with Crippen LogP contribution in [0.3, 0.4) is 0 Å². The maximum Gasteiger partial charge on any atom is 0.407 e. The van der Waals surface area contributed by atoms with Crippen LogP contribution in [-0.2, 0) is 21.2 Å². The summed E-state index contributed by atoms with van der Waals surface area (Å²) >= 11 is 1.35. The Morgan fingerprint density at radius 2 is 1.97 bits per heavy atom. The van der Waals surface area contributed by atoms with E-state index in [1.807, 2.05) is 37.3 Å². The van der Waals surface area contributed by atoms with E-state index < -0.39 is 34.3 Å².